The minimum atomic E-state index is -0.337. The van der Waals surface area contributed by atoms with Gasteiger partial charge >= 0.3 is 0 Å². The van der Waals surface area contributed by atoms with Gasteiger partial charge < -0.3 is 19.9 Å². The summed E-state index contributed by atoms with van der Waals surface area (Å²) in [4.78, 5) is 12.0. The van der Waals surface area contributed by atoms with E-state index in [0.717, 1.165) is 0 Å². The van der Waals surface area contributed by atoms with Crippen molar-refractivity contribution in [1.29, 1.82) is 0 Å². The second kappa shape index (κ2) is 5.75. The maximum Gasteiger partial charge on any atom is 0.255 e. The van der Waals surface area contributed by atoms with Crippen LogP contribution in [0.4, 0.5) is 0 Å². The fourth-order valence-electron chi connectivity index (χ4n) is 2.13. The highest BCUT2D eigenvalue weighted by Gasteiger charge is 2.21. The predicted molar refractivity (Wildman–Crippen MR) is 76.8 cm³/mol. The molecule has 1 aliphatic rings. The average molecular weight is 285 g/mol. The molecule has 108 valence electrons. The van der Waals surface area contributed by atoms with E-state index in [1.54, 1.807) is 18.2 Å². The molecule has 2 N–H and O–H groups in total. The Morgan fingerprint density at radius 1 is 1.14 bits per heavy atom. The van der Waals surface area contributed by atoms with E-state index in [-0.39, 0.29) is 23.3 Å². The number of phenols is 1. The Bertz CT molecular complexity index is 656. The molecule has 0 aromatic heterocycles. The van der Waals surface area contributed by atoms with Crippen molar-refractivity contribution in [3.8, 4) is 17.2 Å². The van der Waals surface area contributed by atoms with E-state index in [0.29, 0.717) is 24.7 Å². The molecule has 0 radical (unpaired) electrons. The van der Waals surface area contributed by atoms with Crippen LogP contribution < -0.4 is 14.8 Å². The third-order valence-corrected chi connectivity index (χ3v) is 3.21. The standard InChI is InChI=1S/C16H15NO4/c18-13-6-2-1-5-12(13)16(19)17-9-11-10-20-14-7-3-4-8-15(14)21-11/h1-8,11,18H,9-10H2,(H,17,19). The lowest BCUT2D eigenvalue weighted by molar-refractivity contribution is 0.0787. The van der Waals surface area contributed by atoms with Crippen LogP contribution in [0, 0.1) is 0 Å². The third-order valence-electron chi connectivity index (χ3n) is 3.21. The number of fused-ring (bicyclic) bond motifs is 1. The lowest BCUT2D eigenvalue weighted by Crippen LogP contribution is -2.40. The Kier molecular flexibility index (Phi) is 3.64. The number of amides is 1. The second-order valence-corrected chi connectivity index (χ2v) is 4.72. The minimum absolute atomic E-state index is 0.0406. The monoisotopic (exact) mass is 285 g/mol. The van der Waals surface area contributed by atoms with Crippen LogP contribution in [0.1, 0.15) is 10.4 Å². The van der Waals surface area contributed by atoms with Crippen molar-refractivity contribution in [2.75, 3.05) is 13.2 Å². The molecule has 0 saturated heterocycles. The van der Waals surface area contributed by atoms with Crippen LogP contribution in [-0.2, 0) is 0 Å². The van der Waals surface area contributed by atoms with Crippen molar-refractivity contribution in [2.24, 2.45) is 0 Å². The maximum absolute atomic E-state index is 12.0. The van der Waals surface area contributed by atoms with Crippen LogP contribution in [0.5, 0.6) is 17.2 Å². The Hall–Kier alpha value is -2.69. The Labute approximate surface area is 122 Å². The smallest absolute Gasteiger partial charge is 0.255 e. The fraction of sp³-hybridized carbons (Fsp3) is 0.188. The molecule has 0 aliphatic carbocycles. The second-order valence-electron chi connectivity index (χ2n) is 4.72. The molecule has 1 atom stereocenters. The molecule has 2 aromatic rings. The molecule has 1 heterocycles. The molecular weight excluding hydrogens is 270 g/mol. The molecule has 2 aromatic carbocycles. The van der Waals surface area contributed by atoms with Crippen molar-refractivity contribution in [3.63, 3.8) is 0 Å². The van der Waals surface area contributed by atoms with Gasteiger partial charge in [0.2, 0.25) is 0 Å². The first-order chi connectivity index (χ1) is 10.2. The molecule has 1 unspecified atom stereocenters. The van der Waals surface area contributed by atoms with Crippen LogP contribution in [0.15, 0.2) is 48.5 Å². The lowest BCUT2D eigenvalue weighted by atomic mass is 10.2. The van der Waals surface area contributed by atoms with Crippen LogP contribution in [0.3, 0.4) is 0 Å². The number of benzene rings is 2. The molecule has 1 amide bonds. The van der Waals surface area contributed by atoms with Crippen LogP contribution in [0.25, 0.3) is 0 Å². The number of rotatable bonds is 3. The zero-order chi connectivity index (χ0) is 14.7. The van der Waals surface area contributed by atoms with E-state index in [1.807, 2.05) is 24.3 Å². The van der Waals surface area contributed by atoms with Gasteiger partial charge in [0.25, 0.3) is 5.91 Å². The summed E-state index contributed by atoms with van der Waals surface area (Å²) in [5, 5.41) is 12.4. The third kappa shape index (κ3) is 2.91. The van der Waals surface area contributed by atoms with E-state index >= 15 is 0 Å². The summed E-state index contributed by atoms with van der Waals surface area (Å²) in [7, 11) is 0. The summed E-state index contributed by atoms with van der Waals surface area (Å²) in [5.41, 5.74) is 0.245. The fourth-order valence-corrected chi connectivity index (χ4v) is 2.13. The van der Waals surface area contributed by atoms with E-state index in [4.69, 9.17) is 9.47 Å². The molecule has 0 spiro atoms. The van der Waals surface area contributed by atoms with E-state index in [9.17, 15) is 9.90 Å². The number of phenolic OH excluding ortho intramolecular Hbond substituents is 1. The first-order valence-corrected chi connectivity index (χ1v) is 6.69. The van der Waals surface area contributed by atoms with Gasteiger partial charge in [0.1, 0.15) is 18.5 Å². The van der Waals surface area contributed by atoms with Gasteiger partial charge in [-0.05, 0) is 24.3 Å². The number of aromatic hydroxyl groups is 1. The lowest BCUT2D eigenvalue weighted by Gasteiger charge is -2.26. The molecule has 3 rings (SSSR count). The van der Waals surface area contributed by atoms with Crippen molar-refractivity contribution in [1.82, 2.24) is 5.32 Å². The van der Waals surface area contributed by atoms with Gasteiger partial charge in [-0.1, -0.05) is 24.3 Å². The maximum atomic E-state index is 12.0. The summed E-state index contributed by atoms with van der Waals surface area (Å²) >= 11 is 0. The summed E-state index contributed by atoms with van der Waals surface area (Å²) in [5.74, 6) is 1.00. The quantitative estimate of drug-likeness (QED) is 0.904. The van der Waals surface area contributed by atoms with Crippen molar-refractivity contribution in [2.45, 2.75) is 6.10 Å². The topological polar surface area (TPSA) is 67.8 Å². The van der Waals surface area contributed by atoms with Gasteiger partial charge in [0, 0.05) is 0 Å². The molecular formula is C16H15NO4. The average Bonchev–Trinajstić information content (AvgIpc) is 2.53. The highest BCUT2D eigenvalue weighted by Crippen LogP contribution is 2.30. The number of hydrogen-bond donors (Lipinski definition) is 2. The van der Waals surface area contributed by atoms with Crippen LogP contribution in [0.2, 0.25) is 0 Å². The van der Waals surface area contributed by atoms with Crippen LogP contribution >= 0.6 is 0 Å². The molecule has 1 aliphatic heterocycles. The Balaban J connectivity index is 1.59. The number of nitrogens with one attached hydrogen (secondary N) is 1. The van der Waals surface area contributed by atoms with Crippen LogP contribution in [-0.4, -0.2) is 30.3 Å². The van der Waals surface area contributed by atoms with Gasteiger partial charge in [0.15, 0.2) is 11.5 Å². The summed E-state index contributed by atoms with van der Waals surface area (Å²) in [6.45, 7) is 0.680. The first-order valence-electron chi connectivity index (χ1n) is 6.69. The number of ether oxygens (including phenoxy) is 2. The molecule has 5 heteroatoms. The van der Waals surface area contributed by atoms with Crippen molar-refractivity contribution >= 4 is 5.91 Å². The number of carbonyl (C=O) groups is 1. The van der Waals surface area contributed by atoms with Gasteiger partial charge in [-0.2, -0.15) is 0 Å². The highest BCUT2D eigenvalue weighted by atomic mass is 16.6. The molecule has 0 saturated carbocycles. The van der Waals surface area contributed by atoms with Gasteiger partial charge in [-0.25, -0.2) is 0 Å². The normalized spacial score (nSPS) is 16.3. The molecule has 0 bridgehead atoms. The number of para-hydroxylation sites is 3. The van der Waals surface area contributed by atoms with Crippen molar-refractivity contribution < 1.29 is 19.4 Å². The summed E-state index contributed by atoms with van der Waals surface area (Å²) in [6.07, 6.45) is -0.255. The highest BCUT2D eigenvalue weighted by molar-refractivity contribution is 5.96. The summed E-state index contributed by atoms with van der Waals surface area (Å²) in [6, 6.07) is 13.8. The first kappa shape index (κ1) is 13.3. The number of hydrogen-bond acceptors (Lipinski definition) is 4. The Morgan fingerprint density at radius 2 is 1.86 bits per heavy atom. The van der Waals surface area contributed by atoms with Gasteiger partial charge in [0.05, 0.1) is 12.1 Å². The molecule has 5 nitrogen and oxygen atoms in total. The van der Waals surface area contributed by atoms with E-state index < -0.39 is 0 Å². The zero-order valence-corrected chi connectivity index (χ0v) is 11.3. The SMILES string of the molecule is O=C(NCC1COc2ccccc2O1)c1ccccc1O. The van der Waals surface area contributed by atoms with Crippen molar-refractivity contribution in [3.05, 3.63) is 54.1 Å². The number of carbonyl (C=O) groups excluding carboxylic acids is 1. The zero-order valence-electron chi connectivity index (χ0n) is 11.3. The predicted octanol–water partition coefficient (Wildman–Crippen LogP) is 1.96. The van der Waals surface area contributed by atoms with E-state index in [2.05, 4.69) is 5.32 Å². The van der Waals surface area contributed by atoms with Gasteiger partial charge in [-0.15, -0.1) is 0 Å². The largest absolute Gasteiger partial charge is 0.507 e. The molecule has 21 heavy (non-hydrogen) atoms. The molecule has 0 fully saturated rings. The van der Waals surface area contributed by atoms with Gasteiger partial charge in [-0.3, -0.25) is 4.79 Å². The van der Waals surface area contributed by atoms with E-state index in [1.165, 1.54) is 6.07 Å². The Morgan fingerprint density at radius 3 is 2.67 bits per heavy atom. The minimum Gasteiger partial charge on any atom is -0.507 e. The summed E-state index contributed by atoms with van der Waals surface area (Å²) < 4.78 is 11.3.